The molecule has 33 heavy (non-hydrogen) atoms. The molecule has 2 bridgehead atoms. The van der Waals surface area contributed by atoms with Gasteiger partial charge in [-0.3, -0.25) is 0 Å². The number of tetrazole rings is 1. The lowest BCUT2D eigenvalue weighted by atomic mass is 9.30. The second-order valence-electron chi connectivity index (χ2n) is 9.23. The standard InChI is InChI=1S/C22H18F4N4O3/c23-14-2-3-15(16(24)6-14)21(31,10-30-11-27-28-29-30)22(25,26)20-7-19(8-20,9-20)13-1-4-17-18(5-13)33-12-32-17/h1-6,11,31H,7-10,12H2/t19?,20?,21-/m1/s1. The number of fused-ring (bicyclic) bond motifs is 1. The summed E-state index contributed by atoms with van der Waals surface area (Å²) in [6, 6.07) is 7.56. The first-order valence-electron chi connectivity index (χ1n) is 10.3. The van der Waals surface area contributed by atoms with Crippen molar-refractivity contribution in [2.24, 2.45) is 5.41 Å². The largest absolute Gasteiger partial charge is 0.454 e. The first-order valence-corrected chi connectivity index (χ1v) is 10.3. The molecule has 3 aromatic rings. The van der Waals surface area contributed by atoms with Crippen molar-refractivity contribution in [1.29, 1.82) is 0 Å². The Morgan fingerprint density at radius 3 is 2.48 bits per heavy atom. The van der Waals surface area contributed by atoms with Gasteiger partial charge in [0.2, 0.25) is 6.79 Å². The van der Waals surface area contributed by atoms with Crippen LogP contribution in [0, 0.1) is 17.0 Å². The van der Waals surface area contributed by atoms with Crippen LogP contribution in [0.5, 0.6) is 11.5 Å². The molecule has 2 heterocycles. The summed E-state index contributed by atoms with van der Waals surface area (Å²) in [6.45, 7) is -0.685. The fourth-order valence-electron chi connectivity index (χ4n) is 5.76. The van der Waals surface area contributed by atoms with Gasteiger partial charge in [0.25, 0.3) is 5.92 Å². The van der Waals surface area contributed by atoms with E-state index in [0.717, 1.165) is 28.7 Å². The van der Waals surface area contributed by atoms with Crippen molar-refractivity contribution in [2.45, 2.75) is 42.7 Å². The number of ether oxygens (including phenoxy) is 2. The number of nitrogens with zero attached hydrogens (tertiary/aromatic N) is 4. The lowest BCUT2D eigenvalue weighted by molar-refractivity contribution is -0.347. The average molecular weight is 462 g/mol. The van der Waals surface area contributed by atoms with E-state index < -0.39 is 46.1 Å². The molecule has 0 saturated heterocycles. The van der Waals surface area contributed by atoms with E-state index in [9.17, 15) is 13.9 Å². The van der Waals surface area contributed by atoms with Gasteiger partial charge < -0.3 is 14.6 Å². The fourth-order valence-corrected chi connectivity index (χ4v) is 5.76. The molecule has 1 atom stereocenters. The number of hydrogen-bond donors (Lipinski definition) is 1. The van der Waals surface area contributed by atoms with Crippen LogP contribution in [0.3, 0.4) is 0 Å². The predicted octanol–water partition coefficient (Wildman–Crippen LogP) is 3.33. The number of alkyl halides is 2. The molecule has 7 rings (SSSR count). The smallest absolute Gasteiger partial charge is 0.287 e. The number of benzene rings is 2. The van der Waals surface area contributed by atoms with E-state index in [1.807, 2.05) is 6.07 Å². The summed E-state index contributed by atoms with van der Waals surface area (Å²) in [4.78, 5) is 0. The Bertz CT molecular complexity index is 1230. The lowest BCUT2D eigenvalue weighted by Gasteiger charge is -2.74. The van der Waals surface area contributed by atoms with E-state index in [-0.39, 0.29) is 26.1 Å². The van der Waals surface area contributed by atoms with Crippen LogP contribution in [0.25, 0.3) is 0 Å². The van der Waals surface area contributed by atoms with Crippen LogP contribution in [0.4, 0.5) is 17.6 Å². The number of rotatable bonds is 6. The minimum Gasteiger partial charge on any atom is -0.454 e. The van der Waals surface area contributed by atoms with Crippen LogP contribution in [0.1, 0.15) is 30.4 Å². The Balaban J connectivity index is 1.35. The molecule has 7 nitrogen and oxygen atoms in total. The molecule has 11 heteroatoms. The predicted molar refractivity (Wildman–Crippen MR) is 104 cm³/mol. The quantitative estimate of drug-likeness (QED) is 0.566. The van der Waals surface area contributed by atoms with Crippen LogP contribution in [-0.2, 0) is 17.6 Å². The van der Waals surface area contributed by atoms with E-state index >= 15 is 8.78 Å². The summed E-state index contributed by atoms with van der Waals surface area (Å²) in [5, 5.41) is 21.8. The molecule has 4 aliphatic rings. The summed E-state index contributed by atoms with van der Waals surface area (Å²) >= 11 is 0. The van der Waals surface area contributed by atoms with Crippen LogP contribution in [0.15, 0.2) is 42.7 Å². The molecule has 1 aromatic heterocycles. The molecule has 3 fully saturated rings. The van der Waals surface area contributed by atoms with E-state index in [2.05, 4.69) is 15.5 Å². The SMILES string of the molecule is O[C@](Cn1cnnn1)(c1ccc(F)cc1F)C(F)(F)C12CC(c3ccc4c(c3)OCO4)(C1)C2. The van der Waals surface area contributed by atoms with Crippen LogP contribution in [-0.4, -0.2) is 38.0 Å². The normalized spacial score (nSPS) is 26.9. The molecule has 0 radical (unpaired) electrons. The monoisotopic (exact) mass is 462 g/mol. The second-order valence-corrected chi connectivity index (χ2v) is 9.23. The maximum absolute atomic E-state index is 16.2. The first kappa shape index (κ1) is 20.4. The van der Waals surface area contributed by atoms with Crippen LogP contribution >= 0.6 is 0 Å². The summed E-state index contributed by atoms with van der Waals surface area (Å²) in [5.41, 5.74) is -4.86. The van der Waals surface area contributed by atoms with Gasteiger partial charge in [-0.2, -0.15) is 0 Å². The molecule has 3 aliphatic carbocycles. The summed E-state index contributed by atoms with van der Waals surface area (Å²) < 4.78 is 72.1. The molecule has 3 saturated carbocycles. The van der Waals surface area contributed by atoms with E-state index in [0.29, 0.717) is 17.6 Å². The van der Waals surface area contributed by atoms with Crippen molar-refractivity contribution in [3.8, 4) is 11.5 Å². The van der Waals surface area contributed by atoms with Crippen molar-refractivity contribution in [2.75, 3.05) is 6.79 Å². The molecule has 0 amide bonds. The Kier molecular flexibility index (Phi) is 3.98. The lowest BCUT2D eigenvalue weighted by Crippen LogP contribution is -2.76. The summed E-state index contributed by atoms with van der Waals surface area (Å²) in [7, 11) is 0. The zero-order chi connectivity index (χ0) is 23.1. The zero-order valence-electron chi connectivity index (χ0n) is 17.1. The molecule has 0 spiro atoms. The average Bonchev–Trinajstić information content (AvgIpc) is 3.36. The molecule has 172 valence electrons. The van der Waals surface area contributed by atoms with Crippen molar-refractivity contribution in [3.05, 3.63) is 65.5 Å². The molecule has 0 unspecified atom stereocenters. The van der Waals surface area contributed by atoms with Gasteiger partial charge in [-0.25, -0.2) is 22.2 Å². The van der Waals surface area contributed by atoms with Gasteiger partial charge in [-0.1, -0.05) is 6.07 Å². The van der Waals surface area contributed by atoms with Crippen molar-refractivity contribution in [3.63, 3.8) is 0 Å². The minimum atomic E-state index is -3.76. The Morgan fingerprint density at radius 1 is 1.03 bits per heavy atom. The van der Waals surface area contributed by atoms with Gasteiger partial charge in [-0.15, -0.1) is 5.10 Å². The van der Waals surface area contributed by atoms with Gasteiger partial charge >= 0.3 is 0 Å². The van der Waals surface area contributed by atoms with E-state index in [1.54, 1.807) is 12.1 Å². The summed E-state index contributed by atoms with van der Waals surface area (Å²) in [5.74, 6) is -4.78. The second kappa shape index (κ2) is 6.43. The highest BCUT2D eigenvalue weighted by Gasteiger charge is 2.82. The van der Waals surface area contributed by atoms with E-state index in [1.165, 1.54) is 0 Å². The van der Waals surface area contributed by atoms with Gasteiger partial charge in [0.05, 0.1) is 6.54 Å². The number of hydrogen-bond acceptors (Lipinski definition) is 6. The minimum absolute atomic E-state index is 0.105. The van der Waals surface area contributed by atoms with Gasteiger partial charge in [-0.05, 0) is 64.9 Å². The number of halogens is 4. The highest BCUT2D eigenvalue weighted by atomic mass is 19.3. The maximum atomic E-state index is 16.2. The van der Waals surface area contributed by atoms with Crippen LogP contribution in [0.2, 0.25) is 0 Å². The van der Waals surface area contributed by atoms with Gasteiger partial charge in [0.1, 0.15) is 18.0 Å². The fraction of sp³-hybridized carbons (Fsp3) is 0.409. The highest BCUT2D eigenvalue weighted by Crippen LogP contribution is 2.80. The third kappa shape index (κ3) is 2.62. The molecular weight excluding hydrogens is 444 g/mol. The zero-order valence-corrected chi connectivity index (χ0v) is 17.1. The molecule has 1 N–H and O–H groups in total. The third-order valence-electron chi connectivity index (χ3n) is 7.36. The number of aliphatic hydroxyl groups is 1. The summed E-state index contributed by atoms with van der Waals surface area (Å²) in [6.07, 6.45) is 1.37. The van der Waals surface area contributed by atoms with Crippen molar-refractivity contribution < 1.29 is 32.1 Å². The van der Waals surface area contributed by atoms with Gasteiger partial charge in [0.15, 0.2) is 17.1 Å². The maximum Gasteiger partial charge on any atom is 0.287 e. The molecular formula is C22H18F4N4O3. The Morgan fingerprint density at radius 2 is 1.79 bits per heavy atom. The topological polar surface area (TPSA) is 82.3 Å². The van der Waals surface area contributed by atoms with Crippen LogP contribution < -0.4 is 9.47 Å². The highest BCUT2D eigenvalue weighted by molar-refractivity contribution is 5.51. The van der Waals surface area contributed by atoms with Gasteiger partial charge in [0, 0.05) is 17.0 Å². The Hall–Kier alpha value is -3.21. The third-order valence-corrected chi connectivity index (χ3v) is 7.36. The number of aromatic nitrogens is 4. The molecule has 2 aromatic carbocycles. The first-order chi connectivity index (χ1) is 15.7. The molecule has 1 aliphatic heterocycles. The van der Waals surface area contributed by atoms with E-state index in [4.69, 9.17) is 9.47 Å². The van der Waals surface area contributed by atoms with Crippen molar-refractivity contribution in [1.82, 2.24) is 20.2 Å². The Labute approximate surface area is 184 Å². The van der Waals surface area contributed by atoms with Crippen molar-refractivity contribution >= 4 is 0 Å².